The first-order chi connectivity index (χ1) is 10.6. The number of amides is 1. The van der Waals surface area contributed by atoms with E-state index in [1.807, 2.05) is 0 Å². The van der Waals surface area contributed by atoms with Crippen molar-refractivity contribution in [1.29, 1.82) is 0 Å². The van der Waals surface area contributed by atoms with Gasteiger partial charge in [-0.2, -0.15) is 0 Å². The zero-order valence-corrected chi connectivity index (χ0v) is 12.6. The molecule has 1 saturated heterocycles. The summed E-state index contributed by atoms with van der Waals surface area (Å²) in [5, 5.41) is 0. The Morgan fingerprint density at radius 2 is 1.95 bits per heavy atom. The Morgan fingerprint density at radius 3 is 2.59 bits per heavy atom. The van der Waals surface area contributed by atoms with Gasteiger partial charge in [-0.25, -0.2) is 8.78 Å². The highest BCUT2D eigenvalue weighted by molar-refractivity contribution is 5.91. The molecule has 1 aromatic rings. The van der Waals surface area contributed by atoms with E-state index >= 15 is 0 Å². The van der Waals surface area contributed by atoms with Crippen molar-refractivity contribution in [1.82, 2.24) is 9.80 Å². The molecule has 1 aromatic carbocycles. The van der Waals surface area contributed by atoms with Gasteiger partial charge in [0.15, 0.2) is 0 Å². The molecule has 22 heavy (non-hydrogen) atoms. The Bertz CT molecular complexity index is 523. The van der Waals surface area contributed by atoms with Crippen LogP contribution in [0.4, 0.5) is 8.78 Å². The lowest BCUT2D eigenvalue weighted by molar-refractivity contribution is -0.125. The van der Waals surface area contributed by atoms with Gasteiger partial charge >= 0.3 is 0 Å². The third kappa shape index (κ3) is 4.61. The Labute approximate surface area is 129 Å². The number of likely N-dealkylation sites (N-methyl/N-ethyl adjacent to an activating group) is 1. The summed E-state index contributed by atoms with van der Waals surface area (Å²) in [5.41, 5.74) is -0.197. The molecule has 0 unspecified atom stereocenters. The maximum atomic E-state index is 13.5. The highest BCUT2D eigenvalue weighted by atomic mass is 19.1. The molecule has 0 atom stereocenters. The summed E-state index contributed by atoms with van der Waals surface area (Å²) in [6.07, 6.45) is 2.37. The van der Waals surface area contributed by atoms with Crippen molar-refractivity contribution >= 4 is 12.0 Å². The molecule has 0 aliphatic carbocycles. The first-order valence-corrected chi connectivity index (χ1v) is 7.25. The summed E-state index contributed by atoms with van der Waals surface area (Å²) < 4.78 is 32.2. The Hall–Kier alpha value is -1.79. The van der Waals surface area contributed by atoms with Crippen molar-refractivity contribution in [2.24, 2.45) is 0 Å². The lowest BCUT2D eigenvalue weighted by atomic mass is 10.2. The van der Waals surface area contributed by atoms with Gasteiger partial charge in [-0.05, 0) is 18.2 Å². The summed E-state index contributed by atoms with van der Waals surface area (Å²) in [6, 6.07) is 3.61. The van der Waals surface area contributed by atoms with E-state index in [2.05, 4.69) is 4.90 Å². The number of rotatable bonds is 5. The van der Waals surface area contributed by atoms with Crippen LogP contribution in [0.1, 0.15) is 5.56 Å². The first kappa shape index (κ1) is 16.6. The topological polar surface area (TPSA) is 32.8 Å². The van der Waals surface area contributed by atoms with Crippen LogP contribution >= 0.6 is 0 Å². The number of carbonyl (C=O) groups excluding carboxylic acids is 1. The van der Waals surface area contributed by atoms with E-state index in [1.54, 1.807) is 7.05 Å². The second-order valence-corrected chi connectivity index (χ2v) is 5.18. The van der Waals surface area contributed by atoms with Crippen LogP contribution in [0.2, 0.25) is 0 Å². The molecule has 6 heteroatoms. The van der Waals surface area contributed by atoms with Crippen LogP contribution in [-0.2, 0) is 9.53 Å². The monoisotopic (exact) mass is 310 g/mol. The van der Waals surface area contributed by atoms with Crippen molar-refractivity contribution in [3.8, 4) is 0 Å². The van der Waals surface area contributed by atoms with Crippen LogP contribution in [0.5, 0.6) is 0 Å². The average molecular weight is 310 g/mol. The van der Waals surface area contributed by atoms with Gasteiger partial charge in [0.05, 0.1) is 13.2 Å². The van der Waals surface area contributed by atoms with Gasteiger partial charge in [0.2, 0.25) is 5.91 Å². The number of nitrogens with zero attached hydrogens (tertiary/aromatic N) is 2. The first-order valence-electron chi connectivity index (χ1n) is 7.25. The normalized spacial score (nSPS) is 16.1. The van der Waals surface area contributed by atoms with Gasteiger partial charge in [0, 0.05) is 44.9 Å². The third-order valence-corrected chi connectivity index (χ3v) is 3.62. The fourth-order valence-corrected chi connectivity index (χ4v) is 2.18. The SMILES string of the molecule is CN(CCN1CCOCC1)C(=O)/C=C\c1c(F)cccc1F. The smallest absolute Gasteiger partial charge is 0.246 e. The molecule has 1 amide bonds. The molecule has 0 bridgehead atoms. The Kier molecular flexibility index (Phi) is 6.03. The van der Waals surface area contributed by atoms with Crippen LogP contribution in [0.3, 0.4) is 0 Å². The second kappa shape index (κ2) is 8.00. The fourth-order valence-electron chi connectivity index (χ4n) is 2.18. The number of halogens is 2. The molecular weight excluding hydrogens is 290 g/mol. The van der Waals surface area contributed by atoms with Crippen LogP contribution in [0.25, 0.3) is 6.08 Å². The standard InChI is InChI=1S/C16H20F2N2O2/c1-19(7-8-20-9-11-22-12-10-20)16(21)6-5-13-14(17)3-2-4-15(13)18/h2-6H,7-12H2,1H3/b6-5-. The molecule has 0 saturated carbocycles. The van der Waals surface area contributed by atoms with Crippen LogP contribution in [0, 0.1) is 11.6 Å². The van der Waals surface area contributed by atoms with Crippen molar-refractivity contribution in [3.63, 3.8) is 0 Å². The minimum Gasteiger partial charge on any atom is -0.379 e. The predicted molar refractivity (Wildman–Crippen MR) is 80.3 cm³/mol. The maximum absolute atomic E-state index is 13.5. The Balaban J connectivity index is 1.86. The third-order valence-electron chi connectivity index (χ3n) is 3.62. The second-order valence-electron chi connectivity index (χ2n) is 5.18. The Morgan fingerprint density at radius 1 is 1.32 bits per heavy atom. The molecule has 1 fully saturated rings. The van der Waals surface area contributed by atoms with E-state index in [9.17, 15) is 13.6 Å². The van der Waals surface area contributed by atoms with E-state index < -0.39 is 11.6 Å². The molecule has 0 N–H and O–H groups in total. The van der Waals surface area contributed by atoms with Crippen molar-refractivity contribution in [2.45, 2.75) is 0 Å². The molecule has 1 heterocycles. The van der Waals surface area contributed by atoms with E-state index in [0.717, 1.165) is 31.8 Å². The molecule has 120 valence electrons. The molecule has 0 spiro atoms. The summed E-state index contributed by atoms with van der Waals surface area (Å²) in [4.78, 5) is 15.7. The van der Waals surface area contributed by atoms with Crippen LogP contribution < -0.4 is 0 Å². The van der Waals surface area contributed by atoms with Crippen molar-refractivity contribution < 1.29 is 18.3 Å². The lowest BCUT2D eigenvalue weighted by Gasteiger charge is -2.28. The quantitative estimate of drug-likeness (QED) is 0.777. The van der Waals surface area contributed by atoms with Gasteiger partial charge < -0.3 is 9.64 Å². The van der Waals surface area contributed by atoms with Gasteiger partial charge in [0.25, 0.3) is 0 Å². The minimum atomic E-state index is -0.681. The highest BCUT2D eigenvalue weighted by Gasteiger charge is 2.12. The molecule has 4 nitrogen and oxygen atoms in total. The van der Waals surface area contributed by atoms with Gasteiger partial charge in [0.1, 0.15) is 11.6 Å². The largest absolute Gasteiger partial charge is 0.379 e. The van der Waals surface area contributed by atoms with E-state index in [1.165, 1.54) is 23.1 Å². The fraction of sp³-hybridized carbons (Fsp3) is 0.438. The molecule has 2 rings (SSSR count). The minimum absolute atomic E-state index is 0.197. The average Bonchev–Trinajstić information content (AvgIpc) is 2.53. The molecule has 0 radical (unpaired) electrons. The predicted octanol–water partition coefficient (Wildman–Crippen LogP) is 1.77. The van der Waals surface area contributed by atoms with E-state index in [0.29, 0.717) is 19.8 Å². The molecule has 0 aromatic heterocycles. The number of ether oxygens (including phenoxy) is 1. The number of carbonyl (C=O) groups is 1. The van der Waals surface area contributed by atoms with Gasteiger partial charge in [-0.3, -0.25) is 9.69 Å². The number of morpholine rings is 1. The van der Waals surface area contributed by atoms with Crippen molar-refractivity contribution in [2.75, 3.05) is 46.4 Å². The van der Waals surface area contributed by atoms with Crippen LogP contribution in [-0.4, -0.2) is 62.1 Å². The number of benzene rings is 1. The summed E-state index contributed by atoms with van der Waals surface area (Å²) >= 11 is 0. The zero-order chi connectivity index (χ0) is 15.9. The summed E-state index contributed by atoms with van der Waals surface area (Å²) in [7, 11) is 1.67. The van der Waals surface area contributed by atoms with Gasteiger partial charge in [-0.1, -0.05) is 6.07 Å². The molecular formula is C16H20F2N2O2. The molecule has 1 aliphatic rings. The van der Waals surface area contributed by atoms with Gasteiger partial charge in [-0.15, -0.1) is 0 Å². The zero-order valence-electron chi connectivity index (χ0n) is 12.6. The van der Waals surface area contributed by atoms with Crippen LogP contribution in [0.15, 0.2) is 24.3 Å². The van der Waals surface area contributed by atoms with E-state index in [-0.39, 0.29) is 11.5 Å². The number of hydrogen-bond acceptors (Lipinski definition) is 3. The highest BCUT2D eigenvalue weighted by Crippen LogP contribution is 2.13. The summed E-state index contributed by atoms with van der Waals surface area (Å²) in [5.74, 6) is -1.64. The lowest BCUT2D eigenvalue weighted by Crippen LogP contribution is -2.41. The molecule has 1 aliphatic heterocycles. The van der Waals surface area contributed by atoms with E-state index in [4.69, 9.17) is 4.74 Å². The number of hydrogen-bond donors (Lipinski definition) is 0. The van der Waals surface area contributed by atoms with Crippen molar-refractivity contribution in [3.05, 3.63) is 41.5 Å². The summed E-state index contributed by atoms with van der Waals surface area (Å²) in [6.45, 7) is 4.46. The maximum Gasteiger partial charge on any atom is 0.246 e.